The lowest BCUT2D eigenvalue weighted by Crippen LogP contribution is -1.98. The first-order valence-corrected chi connectivity index (χ1v) is 10.1. The minimum atomic E-state index is -1.05. The lowest BCUT2D eigenvalue weighted by Gasteiger charge is -2.16. The fraction of sp³-hybridized carbons (Fsp3) is 0.500. The van der Waals surface area contributed by atoms with Gasteiger partial charge in [0.25, 0.3) is 0 Å². The molecule has 0 aromatic carbocycles. The highest BCUT2D eigenvalue weighted by atomic mass is 35.5. The quantitative estimate of drug-likeness (QED) is 0.534. The Balaban J connectivity index is 2.01. The first-order valence-electron chi connectivity index (χ1n) is 7.96. The number of halogens is 2. The largest absolute Gasteiger partial charge is 0.360 e. The first kappa shape index (κ1) is 18.1. The van der Waals surface area contributed by atoms with Crippen molar-refractivity contribution >= 4 is 31.6 Å². The molecule has 0 bridgehead atoms. The van der Waals surface area contributed by atoms with Gasteiger partial charge in [-0.2, -0.15) is 0 Å². The van der Waals surface area contributed by atoms with E-state index in [0.29, 0.717) is 46.6 Å². The number of rotatable bonds is 8. The summed E-state index contributed by atoms with van der Waals surface area (Å²) in [5.74, 6) is 1.32. The number of hydrogen-bond acceptors (Lipinski definition) is 5. The molecule has 0 unspecified atom stereocenters. The zero-order valence-corrected chi connectivity index (χ0v) is 16.0. The smallest absolute Gasteiger partial charge is 0.175 e. The molecule has 1 aliphatic rings. The first-order chi connectivity index (χ1) is 11.7. The van der Waals surface area contributed by atoms with Gasteiger partial charge in [-0.15, -0.1) is 0 Å². The van der Waals surface area contributed by atoms with Crippen molar-refractivity contribution in [1.82, 2.24) is 10.1 Å². The molecule has 0 aliphatic heterocycles. The molecule has 2 aromatic rings. The molecule has 1 saturated carbocycles. The van der Waals surface area contributed by atoms with E-state index in [2.05, 4.69) is 10.1 Å². The van der Waals surface area contributed by atoms with Gasteiger partial charge >= 0.3 is 0 Å². The van der Waals surface area contributed by atoms with Gasteiger partial charge in [0.15, 0.2) is 8.38 Å². The third-order valence-corrected chi connectivity index (χ3v) is 5.93. The average Bonchev–Trinajstić information content (AvgIpc) is 3.31. The van der Waals surface area contributed by atoms with Crippen molar-refractivity contribution in [3.05, 3.63) is 33.8 Å². The highest BCUT2D eigenvalue weighted by Gasteiger charge is 2.34. The van der Waals surface area contributed by atoms with Crippen LogP contribution in [0.5, 0.6) is 0 Å². The van der Waals surface area contributed by atoms with E-state index >= 15 is 0 Å². The second-order valence-electron chi connectivity index (χ2n) is 5.45. The van der Waals surface area contributed by atoms with Crippen LogP contribution in [0.3, 0.4) is 0 Å². The van der Waals surface area contributed by atoms with Crippen molar-refractivity contribution in [2.24, 2.45) is 0 Å². The van der Waals surface area contributed by atoms with Crippen molar-refractivity contribution in [3.8, 4) is 11.3 Å². The van der Waals surface area contributed by atoms with Gasteiger partial charge < -0.3 is 13.6 Å². The molecule has 24 heavy (non-hydrogen) atoms. The van der Waals surface area contributed by atoms with Crippen LogP contribution in [0.15, 0.2) is 16.9 Å². The Morgan fingerprint density at radius 3 is 2.33 bits per heavy atom. The molecule has 1 aliphatic carbocycles. The van der Waals surface area contributed by atoms with Crippen molar-refractivity contribution in [1.29, 1.82) is 0 Å². The Labute approximate surface area is 152 Å². The van der Waals surface area contributed by atoms with E-state index in [1.54, 1.807) is 12.4 Å². The number of pyridine rings is 1. The monoisotopic (exact) mass is 388 g/mol. The molecule has 0 atom stereocenters. The molecule has 0 amide bonds. The Morgan fingerprint density at radius 1 is 1.17 bits per heavy atom. The fourth-order valence-electron chi connectivity index (χ4n) is 2.52. The molecular formula is C16H19Cl2N2O3P. The highest BCUT2D eigenvalue weighted by Crippen LogP contribution is 2.51. The minimum Gasteiger partial charge on any atom is -0.360 e. The summed E-state index contributed by atoms with van der Waals surface area (Å²) in [7, 11) is -1.05. The predicted octanol–water partition coefficient (Wildman–Crippen LogP) is 5.81. The van der Waals surface area contributed by atoms with Crippen LogP contribution in [-0.2, 0) is 15.2 Å². The summed E-state index contributed by atoms with van der Waals surface area (Å²) in [5, 5.41) is 5.18. The molecule has 0 spiro atoms. The maximum Gasteiger partial charge on any atom is 0.175 e. The minimum absolute atomic E-state index is 0.417. The summed E-state index contributed by atoms with van der Waals surface area (Å²) in [6.45, 7) is 5.12. The maximum absolute atomic E-state index is 6.31. The van der Waals surface area contributed by atoms with Gasteiger partial charge in [0.2, 0.25) is 0 Å². The molecule has 1 fully saturated rings. The maximum atomic E-state index is 6.31. The SMILES string of the molecule is CCOP(Cc1c(-c2c(Cl)cncc2Cl)noc1C1CC1)OCC. The van der Waals surface area contributed by atoms with E-state index in [4.69, 9.17) is 36.8 Å². The van der Waals surface area contributed by atoms with Crippen LogP contribution in [-0.4, -0.2) is 23.4 Å². The summed E-state index contributed by atoms with van der Waals surface area (Å²) in [5.41, 5.74) is 2.31. The van der Waals surface area contributed by atoms with Crippen LogP contribution < -0.4 is 0 Å². The zero-order valence-electron chi connectivity index (χ0n) is 13.6. The molecule has 5 nitrogen and oxygen atoms in total. The van der Waals surface area contributed by atoms with E-state index < -0.39 is 8.38 Å². The standard InChI is InChI=1S/C16H19Cl2N2O3P/c1-3-21-24(22-4-2)9-11-15(20-23-16(11)10-5-6-10)14-12(17)7-19-8-13(14)18/h7-8,10H,3-6,9H2,1-2H3. The van der Waals surface area contributed by atoms with Gasteiger partial charge in [-0.3, -0.25) is 4.98 Å². The van der Waals surface area contributed by atoms with E-state index in [1.165, 1.54) is 0 Å². The van der Waals surface area contributed by atoms with Crippen LogP contribution >= 0.6 is 31.6 Å². The predicted molar refractivity (Wildman–Crippen MR) is 95.6 cm³/mol. The molecule has 0 N–H and O–H groups in total. The number of aromatic nitrogens is 2. The van der Waals surface area contributed by atoms with Gasteiger partial charge in [0.05, 0.1) is 23.3 Å². The summed E-state index contributed by atoms with van der Waals surface area (Å²) < 4.78 is 17.2. The van der Waals surface area contributed by atoms with Crippen LogP contribution in [0.2, 0.25) is 10.0 Å². The summed E-state index contributed by atoms with van der Waals surface area (Å²) in [6, 6.07) is 0. The molecule has 3 rings (SSSR count). The van der Waals surface area contributed by atoms with Crippen molar-refractivity contribution < 1.29 is 13.6 Å². The highest BCUT2D eigenvalue weighted by molar-refractivity contribution is 7.46. The Kier molecular flexibility index (Phi) is 6.12. The second-order valence-corrected chi connectivity index (χ2v) is 7.77. The normalized spacial score (nSPS) is 14.5. The van der Waals surface area contributed by atoms with Crippen molar-refractivity contribution in [3.63, 3.8) is 0 Å². The third-order valence-electron chi connectivity index (χ3n) is 3.69. The average molecular weight is 389 g/mol. The molecule has 8 heteroatoms. The van der Waals surface area contributed by atoms with Crippen molar-refractivity contribution in [2.75, 3.05) is 13.2 Å². The molecule has 130 valence electrons. The van der Waals surface area contributed by atoms with E-state index in [0.717, 1.165) is 24.2 Å². The van der Waals surface area contributed by atoms with Crippen LogP contribution in [0, 0.1) is 0 Å². The van der Waals surface area contributed by atoms with Crippen LogP contribution in [0.4, 0.5) is 0 Å². The van der Waals surface area contributed by atoms with Crippen LogP contribution in [0.1, 0.15) is 43.9 Å². The third kappa shape index (κ3) is 3.92. The molecular weight excluding hydrogens is 370 g/mol. The van der Waals surface area contributed by atoms with Gasteiger partial charge in [0, 0.05) is 35.6 Å². The zero-order chi connectivity index (χ0) is 17.1. The summed E-state index contributed by atoms with van der Waals surface area (Å²) in [4.78, 5) is 4.01. The van der Waals surface area contributed by atoms with Gasteiger partial charge in [-0.05, 0) is 26.7 Å². The topological polar surface area (TPSA) is 57.4 Å². The van der Waals surface area contributed by atoms with Gasteiger partial charge in [-0.1, -0.05) is 28.4 Å². The Hall–Kier alpha value is -0.710. The van der Waals surface area contributed by atoms with Gasteiger partial charge in [0.1, 0.15) is 11.5 Å². The molecule has 0 saturated heterocycles. The van der Waals surface area contributed by atoms with E-state index in [9.17, 15) is 0 Å². The molecule has 2 aromatic heterocycles. The Bertz CT molecular complexity index is 680. The lowest BCUT2D eigenvalue weighted by molar-refractivity contribution is 0.268. The Morgan fingerprint density at radius 2 is 1.79 bits per heavy atom. The lowest BCUT2D eigenvalue weighted by atomic mass is 10.1. The van der Waals surface area contributed by atoms with Crippen molar-refractivity contribution in [2.45, 2.75) is 38.8 Å². The molecule has 0 radical (unpaired) electrons. The van der Waals surface area contributed by atoms with E-state index in [1.807, 2.05) is 13.8 Å². The second kappa shape index (κ2) is 8.11. The number of hydrogen-bond donors (Lipinski definition) is 0. The number of nitrogens with zero attached hydrogens (tertiary/aromatic N) is 2. The van der Waals surface area contributed by atoms with E-state index in [-0.39, 0.29) is 0 Å². The van der Waals surface area contributed by atoms with Gasteiger partial charge in [-0.25, -0.2) is 0 Å². The van der Waals surface area contributed by atoms with Crippen LogP contribution in [0.25, 0.3) is 11.3 Å². The molecule has 2 heterocycles. The summed E-state index contributed by atoms with van der Waals surface area (Å²) in [6.07, 6.45) is 5.95. The summed E-state index contributed by atoms with van der Waals surface area (Å²) >= 11 is 12.6. The fourth-order valence-corrected chi connectivity index (χ4v) is 4.46.